The van der Waals surface area contributed by atoms with Gasteiger partial charge in [0, 0.05) is 29.6 Å². The van der Waals surface area contributed by atoms with Gasteiger partial charge < -0.3 is 15.8 Å². The number of amidine groups is 1. The number of hydrogen-bond acceptors (Lipinski definition) is 7. The van der Waals surface area contributed by atoms with Crippen LogP contribution in [0.15, 0.2) is 32.6 Å². The summed E-state index contributed by atoms with van der Waals surface area (Å²) < 4.78 is 0.767. The second-order valence-electron chi connectivity index (χ2n) is 3.97. The minimum atomic E-state index is 0.00680. The molecule has 0 aliphatic carbocycles. The zero-order valence-corrected chi connectivity index (χ0v) is 13.1. The molecule has 6 nitrogen and oxygen atoms in total. The monoisotopic (exact) mass is 329 g/mol. The summed E-state index contributed by atoms with van der Waals surface area (Å²) in [6.45, 7) is 0. The van der Waals surface area contributed by atoms with Gasteiger partial charge in [-0.25, -0.2) is 0 Å². The van der Waals surface area contributed by atoms with Gasteiger partial charge in [0.1, 0.15) is 0 Å². The summed E-state index contributed by atoms with van der Waals surface area (Å²) >= 11 is 8.78. The molecule has 0 unspecified atom stereocenters. The quantitative estimate of drug-likeness (QED) is 0.388. The molecule has 0 saturated carbocycles. The van der Waals surface area contributed by atoms with Crippen LogP contribution >= 0.6 is 34.7 Å². The van der Waals surface area contributed by atoms with E-state index < -0.39 is 0 Å². The smallest absolute Gasteiger partial charge is 0.208 e. The Labute approximate surface area is 129 Å². The van der Waals surface area contributed by atoms with Crippen molar-refractivity contribution in [1.82, 2.24) is 10.2 Å². The molecule has 2 rings (SSSR count). The minimum Gasteiger partial charge on any atom is -0.409 e. The molecule has 0 saturated heterocycles. The van der Waals surface area contributed by atoms with E-state index in [2.05, 4.69) is 15.4 Å². The molecular formula is C11H12ClN5OS2. The third kappa shape index (κ3) is 3.33. The summed E-state index contributed by atoms with van der Waals surface area (Å²) in [7, 11) is 3.80. The fourth-order valence-corrected chi connectivity index (χ4v) is 3.38. The third-order valence-corrected chi connectivity index (χ3v) is 4.75. The lowest BCUT2D eigenvalue weighted by molar-refractivity contribution is 0.318. The molecule has 0 aliphatic rings. The Bertz CT molecular complexity index is 643. The second-order valence-corrected chi connectivity index (χ2v) is 6.65. The molecule has 0 aliphatic heterocycles. The first-order chi connectivity index (χ1) is 9.51. The van der Waals surface area contributed by atoms with Crippen molar-refractivity contribution in [3.63, 3.8) is 0 Å². The van der Waals surface area contributed by atoms with Crippen molar-refractivity contribution >= 4 is 45.7 Å². The van der Waals surface area contributed by atoms with E-state index in [1.165, 1.54) is 23.1 Å². The number of aromatic nitrogens is 2. The fourth-order valence-electron chi connectivity index (χ4n) is 1.36. The van der Waals surface area contributed by atoms with Crippen molar-refractivity contribution in [2.24, 2.45) is 10.9 Å². The van der Waals surface area contributed by atoms with E-state index in [4.69, 9.17) is 22.5 Å². The molecule has 9 heteroatoms. The van der Waals surface area contributed by atoms with Crippen LogP contribution in [-0.2, 0) is 0 Å². The van der Waals surface area contributed by atoms with Crippen LogP contribution in [0.25, 0.3) is 0 Å². The Morgan fingerprint density at radius 1 is 1.45 bits per heavy atom. The number of hydrogen-bond donors (Lipinski definition) is 2. The van der Waals surface area contributed by atoms with Crippen LogP contribution in [0.2, 0.25) is 5.02 Å². The molecule has 1 heterocycles. The fraction of sp³-hybridized carbons (Fsp3) is 0.182. The van der Waals surface area contributed by atoms with Crippen molar-refractivity contribution in [1.29, 1.82) is 0 Å². The molecule has 2 aromatic rings. The summed E-state index contributed by atoms with van der Waals surface area (Å²) in [5, 5.41) is 21.3. The molecule has 20 heavy (non-hydrogen) atoms. The summed E-state index contributed by atoms with van der Waals surface area (Å²) in [5.41, 5.74) is 6.22. The lowest BCUT2D eigenvalue weighted by atomic mass is 10.2. The van der Waals surface area contributed by atoms with E-state index in [-0.39, 0.29) is 5.84 Å². The first kappa shape index (κ1) is 14.9. The average molecular weight is 330 g/mol. The van der Waals surface area contributed by atoms with E-state index >= 15 is 0 Å². The van der Waals surface area contributed by atoms with Crippen molar-refractivity contribution in [2.75, 3.05) is 19.0 Å². The van der Waals surface area contributed by atoms with Crippen LogP contribution in [0.5, 0.6) is 0 Å². The highest BCUT2D eigenvalue weighted by Gasteiger charge is 2.13. The summed E-state index contributed by atoms with van der Waals surface area (Å²) in [4.78, 5) is 2.68. The number of benzene rings is 1. The van der Waals surface area contributed by atoms with Gasteiger partial charge in [-0.2, -0.15) is 0 Å². The van der Waals surface area contributed by atoms with Gasteiger partial charge in [-0.15, -0.1) is 10.2 Å². The predicted molar refractivity (Wildman–Crippen MR) is 82.3 cm³/mol. The molecule has 3 N–H and O–H groups in total. The van der Waals surface area contributed by atoms with E-state index in [0.29, 0.717) is 10.6 Å². The lowest BCUT2D eigenvalue weighted by Crippen LogP contribution is -2.14. The number of oxime groups is 1. The Kier molecular flexibility index (Phi) is 4.69. The van der Waals surface area contributed by atoms with Crippen molar-refractivity contribution < 1.29 is 5.21 Å². The van der Waals surface area contributed by atoms with Gasteiger partial charge in [-0.1, -0.05) is 39.9 Å². The highest BCUT2D eigenvalue weighted by atomic mass is 35.5. The maximum atomic E-state index is 8.83. The van der Waals surface area contributed by atoms with Gasteiger partial charge in [0.15, 0.2) is 10.2 Å². The van der Waals surface area contributed by atoms with Gasteiger partial charge in [-0.05, 0) is 18.2 Å². The first-order valence-corrected chi connectivity index (χ1v) is 7.48. The molecule has 0 amide bonds. The Morgan fingerprint density at radius 3 is 2.80 bits per heavy atom. The number of nitrogens with two attached hydrogens (primary N) is 1. The second kappa shape index (κ2) is 6.29. The van der Waals surface area contributed by atoms with Crippen LogP contribution in [0.4, 0.5) is 5.13 Å². The standard InChI is InChI=1S/C11H12ClN5OS2/c1-17(2)10-14-15-11(20-10)19-8-4-3-6(12)5-7(8)9(13)16-18/h3-5,18H,1-2H3,(H2,13,16). The number of rotatable bonds is 4. The Hall–Kier alpha value is -1.51. The molecule has 0 atom stereocenters. The Balaban J connectivity index is 2.32. The topological polar surface area (TPSA) is 87.6 Å². The van der Waals surface area contributed by atoms with E-state index in [0.717, 1.165) is 14.4 Å². The van der Waals surface area contributed by atoms with Gasteiger partial charge >= 0.3 is 0 Å². The van der Waals surface area contributed by atoms with Crippen LogP contribution < -0.4 is 10.6 Å². The van der Waals surface area contributed by atoms with Crippen LogP contribution in [0.1, 0.15) is 5.56 Å². The molecule has 0 fully saturated rings. The van der Waals surface area contributed by atoms with Crippen LogP contribution in [0, 0.1) is 0 Å². The molecule has 0 bridgehead atoms. The molecule has 0 spiro atoms. The summed E-state index contributed by atoms with van der Waals surface area (Å²) in [5.74, 6) is 0.00680. The van der Waals surface area contributed by atoms with Crippen molar-refractivity contribution in [3.8, 4) is 0 Å². The molecule has 1 aromatic carbocycles. The van der Waals surface area contributed by atoms with E-state index in [9.17, 15) is 0 Å². The van der Waals surface area contributed by atoms with Crippen molar-refractivity contribution in [2.45, 2.75) is 9.24 Å². The predicted octanol–water partition coefficient (Wildman–Crippen LogP) is 2.50. The molecule has 0 radical (unpaired) electrons. The van der Waals surface area contributed by atoms with Gasteiger partial charge in [0.2, 0.25) is 5.13 Å². The van der Waals surface area contributed by atoms with Gasteiger partial charge in [-0.3, -0.25) is 0 Å². The van der Waals surface area contributed by atoms with Gasteiger partial charge in [0.05, 0.1) is 0 Å². The normalized spacial score (nSPS) is 11.7. The number of anilines is 1. The summed E-state index contributed by atoms with van der Waals surface area (Å²) in [6.07, 6.45) is 0. The number of halogens is 1. The maximum absolute atomic E-state index is 8.83. The Morgan fingerprint density at radius 2 is 2.20 bits per heavy atom. The molecular weight excluding hydrogens is 318 g/mol. The van der Waals surface area contributed by atoms with Crippen molar-refractivity contribution in [3.05, 3.63) is 28.8 Å². The van der Waals surface area contributed by atoms with Crippen LogP contribution in [-0.4, -0.2) is 35.3 Å². The SMILES string of the molecule is CN(C)c1nnc(Sc2ccc(Cl)cc2C(N)=NO)s1. The highest BCUT2D eigenvalue weighted by Crippen LogP contribution is 2.35. The van der Waals surface area contributed by atoms with Crippen LogP contribution in [0.3, 0.4) is 0 Å². The lowest BCUT2D eigenvalue weighted by Gasteiger charge is -2.06. The zero-order chi connectivity index (χ0) is 14.7. The first-order valence-electron chi connectivity index (χ1n) is 5.47. The van der Waals surface area contributed by atoms with Gasteiger partial charge in [0.25, 0.3) is 0 Å². The zero-order valence-electron chi connectivity index (χ0n) is 10.7. The average Bonchev–Trinajstić information content (AvgIpc) is 2.88. The molecule has 106 valence electrons. The molecule has 1 aromatic heterocycles. The third-order valence-electron chi connectivity index (χ3n) is 2.30. The maximum Gasteiger partial charge on any atom is 0.208 e. The minimum absolute atomic E-state index is 0.00680. The van der Waals surface area contributed by atoms with E-state index in [1.807, 2.05) is 19.0 Å². The summed E-state index contributed by atoms with van der Waals surface area (Å²) in [6, 6.07) is 5.19. The highest BCUT2D eigenvalue weighted by molar-refractivity contribution is 8.01. The van der Waals surface area contributed by atoms with E-state index in [1.54, 1.807) is 18.2 Å². The largest absolute Gasteiger partial charge is 0.409 e. The number of nitrogens with zero attached hydrogens (tertiary/aromatic N) is 4.